The minimum Gasteiger partial charge on any atom is -0.375 e. The highest BCUT2D eigenvalue weighted by molar-refractivity contribution is 5.86. The van der Waals surface area contributed by atoms with E-state index < -0.39 is 5.60 Å². The van der Waals surface area contributed by atoms with Crippen LogP contribution in [0.15, 0.2) is 60.7 Å². The fourth-order valence-corrected chi connectivity index (χ4v) is 6.27. The van der Waals surface area contributed by atoms with Gasteiger partial charge >= 0.3 is 0 Å². The smallest absolute Gasteiger partial charge is 0.257 e. The van der Waals surface area contributed by atoms with Crippen molar-refractivity contribution in [2.24, 2.45) is 17.8 Å². The van der Waals surface area contributed by atoms with E-state index in [-0.39, 0.29) is 11.8 Å². The van der Waals surface area contributed by atoms with Crippen LogP contribution < -0.4 is 10.6 Å². The van der Waals surface area contributed by atoms with Gasteiger partial charge in [-0.15, -0.1) is 0 Å². The van der Waals surface area contributed by atoms with Crippen molar-refractivity contribution < 1.29 is 9.90 Å². The molecule has 176 valence electrons. The molecule has 2 aromatic rings. The lowest BCUT2D eigenvalue weighted by Gasteiger charge is -2.37. The van der Waals surface area contributed by atoms with Gasteiger partial charge in [0, 0.05) is 31.1 Å². The number of carbonyl (C=O) groups excluding carboxylic acids is 1. The first-order chi connectivity index (χ1) is 16.1. The third-order valence-corrected chi connectivity index (χ3v) is 8.39. The molecule has 1 saturated heterocycles. The third-order valence-electron chi connectivity index (χ3n) is 8.39. The van der Waals surface area contributed by atoms with E-state index in [2.05, 4.69) is 52.8 Å². The summed E-state index contributed by atoms with van der Waals surface area (Å²) in [4.78, 5) is 15.9. The number of aliphatic hydroxyl groups is 1. The van der Waals surface area contributed by atoms with Gasteiger partial charge in [-0.05, 0) is 42.7 Å². The Hall–Kier alpha value is -2.21. The second kappa shape index (κ2) is 9.57. The van der Waals surface area contributed by atoms with Crippen LogP contribution in [-0.4, -0.2) is 41.7 Å². The van der Waals surface area contributed by atoms with Crippen molar-refractivity contribution in [2.45, 2.75) is 56.7 Å². The van der Waals surface area contributed by atoms with Crippen LogP contribution in [-0.2, 0) is 10.4 Å². The van der Waals surface area contributed by atoms with Crippen molar-refractivity contribution >= 4 is 5.91 Å². The van der Waals surface area contributed by atoms with E-state index >= 15 is 0 Å². The van der Waals surface area contributed by atoms with Crippen molar-refractivity contribution in [2.75, 3.05) is 19.8 Å². The molecule has 3 N–H and O–H groups in total. The molecule has 1 heterocycles. The molecule has 2 saturated carbocycles. The third kappa shape index (κ3) is 4.46. The molecule has 33 heavy (non-hydrogen) atoms. The summed E-state index contributed by atoms with van der Waals surface area (Å²) >= 11 is 0. The normalized spacial score (nSPS) is 28.0. The van der Waals surface area contributed by atoms with Gasteiger partial charge in [0.2, 0.25) is 0 Å². The molecule has 0 bridgehead atoms. The Morgan fingerprint density at radius 1 is 1.00 bits per heavy atom. The Labute approximate surface area is 197 Å². The molecule has 5 nitrogen and oxygen atoms in total. The number of likely N-dealkylation sites (tertiary alicyclic amines) is 1. The van der Waals surface area contributed by atoms with Crippen LogP contribution in [0.5, 0.6) is 0 Å². The first kappa shape index (κ1) is 22.6. The highest BCUT2D eigenvalue weighted by Gasteiger charge is 2.56. The van der Waals surface area contributed by atoms with E-state index in [4.69, 9.17) is 0 Å². The summed E-state index contributed by atoms with van der Waals surface area (Å²) in [6.45, 7) is 4.90. The minimum absolute atomic E-state index is 0.0259. The Balaban J connectivity index is 1.14. The number of carbonyl (C=O) groups is 1. The summed E-state index contributed by atoms with van der Waals surface area (Å²) in [5, 5.41) is 18.2. The molecule has 2 aromatic carbocycles. The van der Waals surface area contributed by atoms with E-state index in [1.165, 1.54) is 12.0 Å². The molecule has 1 aliphatic heterocycles. The first-order valence-corrected chi connectivity index (χ1v) is 12.7. The van der Waals surface area contributed by atoms with Crippen molar-refractivity contribution in [3.63, 3.8) is 0 Å². The molecule has 5 heteroatoms. The second-order valence-corrected chi connectivity index (χ2v) is 10.2. The van der Waals surface area contributed by atoms with Crippen LogP contribution in [0.1, 0.15) is 56.2 Å². The summed E-state index contributed by atoms with van der Waals surface area (Å²) < 4.78 is 0. The number of benzene rings is 2. The molecule has 0 aromatic heterocycles. The highest BCUT2D eigenvalue weighted by Crippen LogP contribution is 2.47. The number of nitrogens with zero attached hydrogens (tertiary/aromatic N) is 1. The molecule has 0 radical (unpaired) electrons. The predicted octanol–water partition coefficient (Wildman–Crippen LogP) is 3.81. The SMILES string of the molecule is CC(c1ccccc1)N1C[C@@H]2C(NCNC(=O)C(O)(c3ccccc3)C3CCCCC3)[C@@H]2C1. The lowest BCUT2D eigenvalue weighted by atomic mass is 9.73. The first-order valence-electron chi connectivity index (χ1n) is 12.7. The second-order valence-electron chi connectivity index (χ2n) is 10.2. The van der Waals surface area contributed by atoms with Gasteiger partial charge in [-0.2, -0.15) is 0 Å². The van der Waals surface area contributed by atoms with Gasteiger partial charge in [0.05, 0.1) is 6.67 Å². The summed E-state index contributed by atoms with van der Waals surface area (Å²) in [5.41, 5.74) is 0.631. The molecular formula is C28H37N3O2. The quantitative estimate of drug-likeness (QED) is 0.539. The lowest BCUT2D eigenvalue weighted by molar-refractivity contribution is -0.149. The van der Waals surface area contributed by atoms with Crippen LogP contribution in [0.2, 0.25) is 0 Å². The standard InChI is InChI=1S/C28H37N3O2/c1-20(21-11-5-2-6-12-21)31-17-24-25(18-31)26(24)29-19-30-27(32)28(33,22-13-7-3-8-14-22)23-15-9-4-10-16-23/h2-3,5-8,11-14,20,23-26,29,33H,4,9-10,15-19H2,1H3,(H,30,32)/t20?,24-,25+,26?,28?. The summed E-state index contributed by atoms with van der Waals surface area (Å²) in [6.07, 6.45) is 5.14. The zero-order valence-electron chi connectivity index (χ0n) is 19.6. The number of fused-ring (bicyclic) bond motifs is 1. The largest absolute Gasteiger partial charge is 0.375 e. The molecule has 5 rings (SSSR count). The average Bonchev–Trinajstić information content (AvgIpc) is 3.32. The maximum absolute atomic E-state index is 13.3. The molecule has 3 aliphatic rings. The number of rotatable bonds is 8. The zero-order valence-corrected chi connectivity index (χ0v) is 19.6. The van der Waals surface area contributed by atoms with Gasteiger partial charge in [-0.25, -0.2) is 0 Å². The fraction of sp³-hybridized carbons (Fsp3) is 0.536. The number of amides is 1. The van der Waals surface area contributed by atoms with Gasteiger partial charge in [-0.3, -0.25) is 15.0 Å². The number of hydrogen-bond donors (Lipinski definition) is 3. The predicted molar refractivity (Wildman–Crippen MR) is 130 cm³/mol. The maximum atomic E-state index is 13.3. The van der Waals surface area contributed by atoms with Crippen LogP contribution >= 0.6 is 0 Å². The van der Waals surface area contributed by atoms with Crippen LogP contribution in [0, 0.1) is 17.8 Å². The molecule has 2 aliphatic carbocycles. The maximum Gasteiger partial charge on any atom is 0.257 e. The van der Waals surface area contributed by atoms with E-state index in [1.54, 1.807) is 0 Å². The zero-order chi connectivity index (χ0) is 22.8. The lowest BCUT2D eigenvalue weighted by Crippen LogP contribution is -2.52. The molecule has 1 amide bonds. The molecule has 3 fully saturated rings. The molecule has 0 spiro atoms. The average molecular weight is 448 g/mol. The number of nitrogens with one attached hydrogen (secondary N) is 2. The Morgan fingerprint density at radius 3 is 2.24 bits per heavy atom. The van der Waals surface area contributed by atoms with Crippen molar-refractivity contribution in [3.8, 4) is 0 Å². The number of hydrogen-bond acceptors (Lipinski definition) is 4. The summed E-state index contributed by atoms with van der Waals surface area (Å²) in [6, 6.07) is 21.1. The van der Waals surface area contributed by atoms with Gasteiger partial charge in [0.25, 0.3) is 5.91 Å². The van der Waals surface area contributed by atoms with Gasteiger partial charge in [-0.1, -0.05) is 79.9 Å². The van der Waals surface area contributed by atoms with Gasteiger partial charge < -0.3 is 10.4 Å². The number of piperidine rings is 1. The van der Waals surface area contributed by atoms with Crippen molar-refractivity contribution in [1.82, 2.24) is 15.5 Å². The monoisotopic (exact) mass is 447 g/mol. The van der Waals surface area contributed by atoms with Crippen LogP contribution in [0.3, 0.4) is 0 Å². The summed E-state index contributed by atoms with van der Waals surface area (Å²) in [5.74, 6) is 1.01. The van der Waals surface area contributed by atoms with Gasteiger partial charge in [0.1, 0.15) is 0 Å². The Kier molecular flexibility index (Phi) is 6.55. The molecular weight excluding hydrogens is 410 g/mol. The van der Waals surface area contributed by atoms with E-state index in [1.807, 2.05) is 30.3 Å². The van der Waals surface area contributed by atoms with E-state index in [9.17, 15) is 9.90 Å². The van der Waals surface area contributed by atoms with Crippen LogP contribution in [0.25, 0.3) is 0 Å². The minimum atomic E-state index is -1.45. The summed E-state index contributed by atoms with van der Waals surface area (Å²) in [7, 11) is 0. The fourth-order valence-electron chi connectivity index (χ4n) is 6.27. The van der Waals surface area contributed by atoms with Crippen LogP contribution in [0.4, 0.5) is 0 Å². The van der Waals surface area contributed by atoms with E-state index in [0.29, 0.717) is 36.2 Å². The molecule has 3 unspecified atom stereocenters. The molecule has 5 atom stereocenters. The van der Waals surface area contributed by atoms with E-state index in [0.717, 1.165) is 38.8 Å². The topological polar surface area (TPSA) is 64.6 Å². The Bertz CT molecular complexity index is 919. The Morgan fingerprint density at radius 2 is 1.61 bits per heavy atom. The van der Waals surface area contributed by atoms with Crippen molar-refractivity contribution in [1.29, 1.82) is 0 Å². The van der Waals surface area contributed by atoms with Gasteiger partial charge in [0.15, 0.2) is 5.60 Å². The highest BCUT2D eigenvalue weighted by atomic mass is 16.3. The van der Waals surface area contributed by atoms with Crippen molar-refractivity contribution in [3.05, 3.63) is 71.8 Å².